The molecule has 4 rings (SSSR count). The van der Waals surface area contributed by atoms with Crippen LogP contribution in [0, 0.1) is 0 Å². The molecular formula is C20H22N4O. The van der Waals surface area contributed by atoms with E-state index in [2.05, 4.69) is 44.5 Å². The van der Waals surface area contributed by atoms with E-state index in [1.54, 1.807) is 0 Å². The van der Waals surface area contributed by atoms with Crippen LogP contribution in [0.4, 0.5) is 11.5 Å². The smallest absolute Gasteiger partial charge is 0.224 e. The molecule has 0 unspecified atom stereocenters. The molecular weight excluding hydrogens is 312 g/mol. The molecule has 0 saturated carbocycles. The van der Waals surface area contributed by atoms with Crippen LogP contribution in [-0.2, 0) is 4.79 Å². The standard InChI is InChI=1S/C20H22N4O/c1-2-20(25)23-18-13-21-17-7-5-14(11-16(17)18)15-6-8-19(22-12-15)24-9-3-4-10-24/h5-8,11-13,21H,2-4,9-10H2,1H3,(H,23,25). The van der Waals surface area contributed by atoms with Crippen molar-refractivity contribution in [3.05, 3.63) is 42.7 Å². The lowest BCUT2D eigenvalue weighted by molar-refractivity contribution is -0.115. The first-order chi connectivity index (χ1) is 12.2. The van der Waals surface area contributed by atoms with Gasteiger partial charge in [-0.1, -0.05) is 13.0 Å². The van der Waals surface area contributed by atoms with Gasteiger partial charge in [0.05, 0.1) is 5.69 Å². The Morgan fingerprint density at radius 3 is 2.72 bits per heavy atom. The van der Waals surface area contributed by atoms with E-state index in [0.29, 0.717) is 6.42 Å². The lowest BCUT2D eigenvalue weighted by Gasteiger charge is -2.16. The number of fused-ring (bicyclic) bond motifs is 1. The van der Waals surface area contributed by atoms with Crippen molar-refractivity contribution in [1.29, 1.82) is 0 Å². The van der Waals surface area contributed by atoms with Crippen molar-refractivity contribution < 1.29 is 4.79 Å². The number of nitrogens with one attached hydrogen (secondary N) is 2. The Hall–Kier alpha value is -2.82. The summed E-state index contributed by atoms with van der Waals surface area (Å²) >= 11 is 0. The number of nitrogens with zero attached hydrogens (tertiary/aromatic N) is 2. The second-order valence-corrected chi connectivity index (χ2v) is 6.46. The van der Waals surface area contributed by atoms with Gasteiger partial charge in [-0.25, -0.2) is 4.98 Å². The molecule has 1 saturated heterocycles. The van der Waals surface area contributed by atoms with E-state index in [4.69, 9.17) is 0 Å². The Morgan fingerprint density at radius 2 is 2.00 bits per heavy atom. The highest BCUT2D eigenvalue weighted by molar-refractivity contribution is 6.02. The second kappa shape index (κ2) is 6.59. The number of carbonyl (C=O) groups is 1. The van der Waals surface area contributed by atoms with E-state index < -0.39 is 0 Å². The predicted molar refractivity (Wildman–Crippen MR) is 102 cm³/mol. The maximum atomic E-state index is 11.7. The molecule has 1 aromatic carbocycles. The van der Waals surface area contributed by atoms with E-state index in [1.807, 2.05) is 25.4 Å². The molecule has 5 nitrogen and oxygen atoms in total. The highest BCUT2D eigenvalue weighted by atomic mass is 16.1. The zero-order chi connectivity index (χ0) is 17.2. The van der Waals surface area contributed by atoms with Gasteiger partial charge in [-0.3, -0.25) is 4.79 Å². The van der Waals surface area contributed by atoms with Crippen LogP contribution in [0.1, 0.15) is 26.2 Å². The number of pyridine rings is 1. The number of H-pyrrole nitrogens is 1. The maximum absolute atomic E-state index is 11.7. The first-order valence-corrected chi connectivity index (χ1v) is 8.87. The van der Waals surface area contributed by atoms with Crippen LogP contribution in [0.3, 0.4) is 0 Å². The molecule has 1 amide bonds. The highest BCUT2D eigenvalue weighted by Crippen LogP contribution is 2.30. The van der Waals surface area contributed by atoms with E-state index in [-0.39, 0.29) is 5.91 Å². The lowest BCUT2D eigenvalue weighted by atomic mass is 10.1. The van der Waals surface area contributed by atoms with Crippen LogP contribution in [0.25, 0.3) is 22.0 Å². The first-order valence-electron chi connectivity index (χ1n) is 8.87. The molecule has 3 heterocycles. The van der Waals surface area contributed by atoms with Crippen molar-refractivity contribution in [2.24, 2.45) is 0 Å². The van der Waals surface area contributed by atoms with Gasteiger partial charge in [0.25, 0.3) is 0 Å². The molecule has 0 spiro atoms. The van der Waals surface area contributed by atoms with Crippen LogP contribution in [0.15, 0.2) is 42.7 Å². The van der Waals surface area contributed by atoms with Gasteiger partial charge < -0.3 is 15.2 Å². The van der Waals surface area contributed by atoms with Crippen molar-refractivity contribution in [3.63, 3.8) is 0 Å². The van der Waals surface area contributed by atoms with Crippen LogP contribution < -0.4 is 10.2 Å². The number of anilines is 2. The minimum absolute atomic E-state index is 0.0166. The number of hydrogen-bond donors (Lipinski definition) is 2. The molecule has 25 heavy (non-hydrogen) atoms. The van der Waals surface area contributed by atoms with Gasteiger partial charge in [0.15, 0.2) is 0 Å². The average molecular weight is 334 g/mol. The summed E-state index contributed by atoms with van der Waals surface area (Å²) in [5.74, 6) is 1.07. The topological polar surface area (TPSA) is 61.0 Å². The second-order valence-electron chi connectivity index (χ2n) is 6.46. The zero-order valence-corrected chi connectivity index (χ0v) is 14.4. The summed E-state index contributed by atoms with van der Waals surface area (Å²) < 4.78 is 0. The number of rotatable bonds is 4. The summed E-state index contributed by atoms with van der Waals surface area (Å²) in [7, 11) is 0. The van der Waals surface area contributed by atoms with E-state index in [0.717, 1.165) is 46.6 Å². The van der Waals surface area contributed by atoms with Crippen molar-refractivity contribution in [3.8, 4) is 11.1 Å². The molecule has 0 aliphatic carbocycles. The largest absolute Gasteiger partial charge is 0.359 e. The van der Waals surface area contributed by atoms with Gasteiger partial charge in [-0.15, -0.1) is 0 Å². The van der Waals surface area contributed by atoms with E-state index in [1.165, 1.54) is 12.8 Å². The van der Waals surface area contributed by atoms with Crippen molar-refractivity contribution in [2.45, 2.75) is 26.2 Å². The minimum atomic E-state index is 0.0166. The van der Waals surface area contributed by atoms with Crippen molar-refractivity contribution >= 4 is 28.3 Å². The quantitative estimate of drug-likeness (QED) is 0.752. The summed E-state index contributed by atoms with van der Waals surface area (Å²) in [5, 5.41) is 3.96. The number of aromatic nitrogens is 2. The molecule has 2 N–H and O–H groups in total. The minimum Gasteiger partial charge on any atom is -0.359 e. The molecule has 3 aromatic rings. The van der Waals surface area contributed by atoms with Crippen molar-refractivity contribution in [2.75, 3.05) is 23.3 Å². The number of carbonyl (C=O) groups excluding carboxylic acids is 1. The Labute approximate surface area is 147 Å². The third-order valence-electron chi connectivity index (χ3n) is 4.79. The van der Waals surface area contributed by atoms with Crippen LogP contribution in [0.5, 0.6) is 0 Å². The summed E-state index contributed by atoms with van der Waals surface area (Å²) in [6.45, 7) is 4.05. The number of hydrogen-bond acceptors (Lipinski definition) is 3. The van der Waals surface area contributed by atoms with Crippen LogP contribution in [-0.4, -0.2) is 29.0 Å². The SMILES string of the molecule is CCC(=O)Nc1c[nH]c2ccc(-c3ccc(N4CCCC4)nc3)cc12. The van der Waals surface area contributed by atoms with Gasteiger partial charge in [0, 0.05) is 48.4 Å². The molecule has 0 bridgehead atoms. The molecule has 0 atom stereocenters. The Bertz CT molecular complexity index is 892. The predicted octanol–water partition coefficient (Wildman–Crippen LogP) is 4.18. The van der Waals surface area contributed by atoms with E-state index >= 15 is 0 Å². The lowest BCUT2D eigenvalue weighted by Crippen LogP contribution is -2.18. The van der Waals surface area contributed by atoms with Crippen LogP contribution in [0.2, 0.25) is 0 Å². The zero-order valence-electron chi connectivity index (χ0n) is 14.4. The monoisotopic (exact) mass is 334 g/mol. The molecule has 128 valence electrons. The Balaban J connectivity index is 1.64. The number of benzene rings is 1. The molecule has 1 fully saturated rings. The Morgan fingerprint density at radius 1 is 1.20 bits per heavy atom. The summed E-state index contributed by atoms with van der Waals surface area (Å²) in [6.07, 6.45) is 6.75. The van der Waals surface area contributed by atoms with Gasteiger partial charge in [-0.05, 0) is 42.7 Å². The van der Waals surface area contributed by atoms with Gasteiger partial charge in [-0.2, -0.15) is 0 Å². The molecule has 5 heteroatoms. The number of aromatic amines is 1. The number of amides is 1. The van der Waals surface area contributed by atoms with Crippen molar-refractivity contribution in [1.82, 2.24) is 9.97 Å². The van der Waals surface area contributed by atoms with Gasteiger partial charge >= 0.3 is 0 Å². The molecule has 1 aliphatic rings. The summed E-state index contributed by atoms with van der Waals surface area (Å²) in [4.78, 5) is 21.9. The van der Waals surface area contributed by atoms with Crippen LogP contribution >= 0.6 is 0 Å². The summed E-state index contributed by atoms with van der Waals surface area (Å²) in [5.41, 5.74) is 4.01. The van der Waals surface area contributed by atoms with E-state index in [9.17, 15) is 4.79 Å². The Kier molecular flexibility index (Phi) is 4.14. The molecule has 2 aromatic heterocycles. The fraction of sp³-hybridized carbons (Fsp3) is 0.300. The first kappa shape index (κ1) is 15.7. The molecule has 1 aliphatic heterocycles. The fourth-order valence-electron chi connectivity index (χ4n) is 3.33. The third kappa shape index (κ3) is 3.09. The maximum Gasteiger partial charge on any atom is 0.224 e. The summed E-state index contributed by atoms with van der Waals surface area (Å²) in [6, 6.07) is 10.4. The third-order valence-corrected chi connectivity index (χ3v) is 4.79. The normalized spacial score (nSPS) is 14.2. The highest BCUT2D eigenvalue weighted by Gasteiger charge is 2.13. The van der Waals surface area contributed by atoms with Gasteiger partial charge in [0.2, 0.25) is 5.91 Å². The molecule has 0 radical (unpaired) electrons. The van der Waals surface area contributed by atoms with Gasteiger partial charge in [0.1, 0.15) is 5.82 Å². The fourth-order valence-corrected chi connectivity index (χ4v) is 3.33. The average Bonchev–Trinajstić information content (AvgIpc) is 3.32.